The van der Waals surface area contributed by atoms with Crippen LogP contribution in [0, 0.1) is 23.7 Å². The molecule has 1 aromatic rings. The standard InChI is InChI=1S/C19H30N2O5S2/c1-12(2)15-5-4-13(3)8-16(15)25-18(22)10-27-19-21-20-17(26-19)9-14-6-7-28(23,24)11-14/h12-16H,4-11H2,1-3H3/t13-,14-,15-,16-/m1/s1. The predicted octanol–water partition coefficient (Wildman–Crippen LogP) is 3.14. The van der Waals surface area contributed by atoms with E-state index in [1.54, 1.807) is 0 Å². The van der Waals surface area contributed by atoms with E-state index < -0.39 is 9.84 Å². The van der Waals surface area contributed by atoms with Gasteiger partial charge in [0.1, 0.15) is 11.9 Å². The Morgan fingerprint density at radius 2 is 2.07 bits per heavy atom. The van der Waals surface area contributed by atoms with Crippen LogP contribution in [0.5, 0.6) is 0 Å². The third-order valence-corrected chi connectivity index (χ3v) is 8.42. The van der Waals surface area contributed by atoms with Crippen LogP contribution in [0.2, 0.25) is 0 Å². The molecule has 158 valence electrons. The number of aromatic nitrogens is 2. The summed E-state index contributed by atoms with van der Waals surface area (Å²) in [6.45, 7) is 6.58. The van der Waals surface area contributed by atoms with Crippen molar-refractivity contribution >= 4 is 27.6 Å². The highest BCUT2D eigenvalue weighted by Crippen LogP contribution is 2.35. The number of ether oxygens (including phenoxy) is 1. The molecule has 1 saturated carbocycles. The van der Waals surface area contributed by atoms with Gasteiger partial charge in [-0.05, 0) is 42.9 Å². The van der Waals surface area contributed by atoms with E-state index in [9.17, 15) is 13.2 Å². The molecule has 2 heterocycles. The molecule has 0 amide bonds. The van der Waals surface area contributed by atoms with E-state index in [0.29, 0.717) is 41.7 Å². The lowest BCUT2D eigenvalue weighted by Crippen LogP contribution is -2.36. The molecular weight excluding hydrogens is 400 g/mol. The van der Waals surface area contributed by atoms with Gasteiger partial charge in [-0.2, -0.15) is 0 Å². The first kappa shape index (κ1) is 21.6. The average Bonchev–Trinajstić information content (AvgIpc) is 3.19. The van der Waals surface area contributed by atoms with Crippen molar-refractivity contribution in [2.45, 2.75) is 64.2 Å². The molecule has 9 heteroatoms. The first-order chi connectivity index (χ1) is 13.2. The van der Waals surface area contributed by atoms with Gasteiger partial charge in [0.25, 0.3) is 5.22 Å². The molecule has 1 aliphatic heterocycles. The zero-order valence-corrected chi connectivity index (χ0v) is 18.4. The number of esters is 1. The molecule has 0 spiro atoms. The maximum absolute atomic E-state index is 12.3. The van der Waals surface area contributed by atoms with E-state index in [1.165, 1.54) is 18.2 Å². The smallest absolute Gasteiger partial charge is 0.316 e. The maximum atomic E-state index is 12.3. The predicted molar refractivity (Wildman–Crippen MR) is 107 cm³/mol. The van der Waals surface area contributed by atoms with Crippen molar-refractivity contribution in [3.8, 4) is 0 Å². The summed E-state index contributed by atoms with van der Waals surface area (Å²) >= 11 is 1.17. The van der Waals surface area contributed by atoms with Crippen molar-refractivity contribution in [3.63, 3.8) is 0 Å². The number of carbonyl (C=O) groups is 1. The van der Waals surface area contributed by atoms with Crippen LogP contribution in [0.15, 0.2) is 9.64 Å². The number of nitrogens with zero attached hydrogens (tertiary/aromatic N) is 2. The van der Waals surface area contributed by atoms with Gasteiger partial charge in [0, 0.05) is 6.42 Å². The summed E-state index contributed by atoms with van der Waals surface area (Å²) in [5, 5.41) is 8.26. The Labute approximate surface area is 171 Å². The molecule has 2 aliphatic rings. The van der Waals surface area contributed by atoms with Gasteiger partial charge in [-0.15, -0.1) is 10.2 Å². The Balaban J connectivity index is 1.46. The van der Waals surface area contributed by atoms with Crippen molar-refractivity contribution in [1.29, 1.82) is 0 Å². The summed E-state index contributed by atoms with van der Waals surface area (Å²) < 4.78 is 34.4. The molecule has 1 aromatic heterocycles. The number of hydrogen-bond acceptors (Lipinski definition) is 8. The van der Waals surface area contributed by atoms with E-state index in [4.69, 9.17) is 9.15 Å². The van der Waals surface area contributed by atoms with E-state index >= 15 is 0 Å². The fraction of sp³-hybridized carbons (Fsp3) is 0.842. The Hall–Kier alpha value is -1.09. The van der Waals surface area contributed by atoms with E-state index in [0.717, 1.165) is 12.8 Å². The number of sulfone groups is 1. The van der Waals surface area contributed by atoms with Crippen molar-refractivity contribution in [2.75, 3.05) is 17.3 Å². The molecule has 7 nitrogen and oxygen atoms in total. The Morgan fingerprint density at radius 3 is 2.75 bits per heavy atom. The average molecular weight is 431 g/mol. The number of carbonyl (C=O) groups excluding carboxylic acids is 1. The Bertz CT molecular complexity index is 777. The summed E-state index contributed by atoms with van der Waals surface area (Å²) in [5.41, 5.74) is 0. The molecule has 4 atom stereocenters. The van der Waals surface area contributed by atoms with Gasteiger partial charge in [0.2, 0.25) is 5.89 Å². The molecule has 0 radical (unpaired) electrons. The van der Waals surface area contributed by atoms with E-state index in [1.807, 2.05) is 0 Å². The molecule has 1 saturated heterocycles. The molecular formula is C19H30N2O5S2. The van der Waals surface area contributed by atoms with Crippen LogP contribution in [-0.4, -0.2) is 47.9 Å². The minimum Gasteiger partial charge on any atom is -0.461 e. The maximum Gasteiger partial charge on any atom is 0.316 e. The van der Waals surface area contributed by atoms with Gasteiger partial charge in [-0.3, -0.25) is 4.79 Å². The lowest BCUT2D eigenvalue weighted by atomic mass is 9.75. The zero-order valence-electron chi connectivity index (χ0n) is 16.8. The molecule has 0 aromatic carbocycles. The Morgan fingerprint density at radius 1 is 1.29 bits per heavy atom. The lowest BCUT2D eigenvalue weighted by molar-refractivity contribution is -0.152. The fourth-order valence-corrected chi connectivity index (χ4v) is 6.66. The molecule has 28 heavy (non-hydrogen) atoms. The normalized spacial score (nSPS) is 29.9. The van der Waals surface area contributed by atoms with Gasteiger partial charge in [0.15, 0.2) is 9.84 Å². The van der Waals surface area contributed by atoms with Gasteiger partial charge < -0.3 is 9.15 Å². The van der Waals surface area contributed by atoms with Gasteiger partial charge >= 0.3 is 5.97 Å². The summed E-state index contributed by atoms with van der Waals surface area (Å²) in [4.78, 5) is 12.3. The molecule has 3 rings (SSSR count). The van der Waals surface area contributed by atoms with Crippen molar-refractivity contribution in [1.82, 2.24) is 10.2 Å². The monoisotopic (exact) mass is 430 g/mol. The number of rotatable bonds is 7. The highest BCUT2D eigenvalue weighted by molar-refractivity contribution is 7.99. The third kappa shape index (κ3) is 5.95. The molecule has 0 N–H and O–H groups in total. The van der Waals surface area contributed by atoms with Gasteiger partial charge in [-0.1, -0.05) is 39.0 Å². The Kier molecular flexibility index (Phi) is 7.07. The fourth-order valence-electron chi connectivity index (χ4n) is 4.23. The van der Waals surface area contributed by atoms with Crippen LogP contribution in [0.3, 0.4) is 0 Å². The molecule has 2 fully saturated rings. The second kappa shape index (κ2) is 9.15. The number of hydrogen-bond donors (Lipinski definition) is 0. The van der Waals surface area contributed by atoms with Crippen LogP contribution in [0.4, 0.5) is 0 Å². The van der Waals surface area contributed by atoms with Crippen LogP contribution in [0.1, 0.15) is 52.3 Å². The summed E-state index contributed by atoms with van der Waals surface area (Å²) in [5.74, 6) is 2.26. The highest BCUT2D eigenvalue weighted by Gasteiger charge is 2.33. The molecule has 0 unspecified atom stereocenters. The van der Waals surface area contributed by atoms with Crippen molar-refractivity contribution in [2.24, 2.45) is 23.7 Å². The second-order valence-electron chi connectivity index (χ2n) is 8.58. The molecule has 1 aliphatic carbocycles. The van der Waals surface area contributed by atoms with Crippen molar-refractivity contribution in [3.05, 3.63) is 5.89 Å². The van der Waals surface area contributed by atoms with Gasteiger partial charge in [0.05, 0.1) is 11.5 Å². The highest BCUT2D eigenvalue weighted by atomic mass is 32.2. The minimum atomic E-state index is -2.92. The molecule has 0 bridgehead atoms. The summed E-state index contributed by atoms with van der Waals surface area (Å²) in [7, 11) is -2.92. The third-order valence-electron chi connectivity index (χ3n) is 5.80. The van der Waals surface area contributed by atoms with E-state index in [2.05, 4.69) is 31.0 Å². The topological polar surface area (TPSA) is 99.4 Å². The first-order valence-corrected chi connectivity index (χ1v) is 12.9. The largest absolute Gasteiger partial charge is 0.461 e. The van der Waals surface area contributed by atoms with Crippen LogP contribution < -0.4 is 0 Å². The summed E-state index contributed by atoms with van der Waals surface area (Å²) in [6, 6.07) is 0. The van der Waals surface area contributed by atoms with Crippen LogP contribution >= 0.6 is 11.8 Å². The summed E-state index contributed by atoms with van der Waals surface area (Å²) in [6.07, 6.45) is 4.31. The van der Waals surface area contributed by atoms with Crippen LogP contribution in [-0.2, 0) is 25.8 Å². The van der Waals surface area contributed by atoms with Crippen LogP contribution in [0.25, 0.3) is 0 Å². The second-order valence-corrected chi connectivity index (χ2v) is 11.7. The lowest BCUT2D eigenvalue weighted by Gasteiger charge is -2.36. The quantitative estimate of drug-likeness (QED) is 0.480. The van der Waals surface area contributed by atoms with E-state index in [-0.39, 0.29) is 35.2 Å². The first-order valence-electron chi connectivity index (χ1n) is 10.1. The number of thioether (sulfide) groups is 1. The zero-order chi connectivity index (χ0) is 20.3. The SMILES string of the molecule is CC(C)[C@H]1CC[C@@H](C)C[C@H]1OC(=O)CSc1nnc(C[C@H]2CCS(=O)(=O)C2)o1. The van der Waals surface area contributed by atoms with Crippen molar-refractivity contribution < 1.29 is 22.4 Å². The minimum absolute atomic E-state index is 0.0144. The van der Waals surface area contributed by atoms with Gasteiger partial charge in [-0.25, -0.2) is 8.42 Å².